The summed E-state index contributed by atoms with van der Waals surface area (Å²) in [5, 5.41) is 14.2. The molecule has 6 nitrogen and oxygen atoms in total. The first-order chi connectivity index (χ1) is 9.90. The molecule has 0 saturated carbocycles. The molecule has 0 spiro atoms. The molecule has 116 valence electrons. The van der Waals surface area contributed by atoms with E-state index in [1.54, 1.807) is 19.1 Å². The molecule has 1 rings (SSSR count). The second kappa shape index (κ2) is 8.59. The Balaban J connectivity index is 2.28. The van der Waals surface area contributed by atoms with Gasteiger partial charge in [-0.25, -0.2) is 0 Å². The molecule has 0 aliphatic rings. The van der Waals surface area contributed by atoms with Gasteiger partial charge < -0.3 is 20.5 Å². The minimum atomic E-state index is -1.13. The first kappa shape index (κ1) is 17.4. The van der Waals surface area contributed by atoms with Gasteiger partial charge in [0.15, 0.2) is 10.9 Å². The van der Waals surface area contributed by atoms with Gasteiger partial charge in [-0.3, -0.25) is 9.59 Å². The summed E-state index contributed by atoms with van der Waals surface area (Å²) in [6.07, 6.45) is -0.709. The molecule has 3 N–H and O–H groups in total. The average molecular weight is 335 g/mol. The van der Waals surface area contributed by atoms with Crippen molar-refractivity contribution in [2.24, 2.45) is 0 Å². The standard InChI is InChI=1S/C13H16Cl2N2O4/c1-8(21-10-4-2-9(18)3-5-10)12(19)16-6-7-17-13(20)11(14)15/h2-5,8,11,18H,6-7H2,1H3,(H,16,19)(H,17,20). The van der Waals surface area contributed by atoms with Crippen LogP contribution in [-0.4, -0.2) is 41.0 Å². The number of halogens is 2. The van der Waals surface area contributed by atoms with Gasteiger partial charge in [-0.15, -0.1) is 0 Å². The summed E-state index contributed by atoms with van der Waals surface area (Å²) in [7, 11) is 0. The number of phenolic OH excluding ortho intramolecular Hbond substituents is 1. The maximum atomic E-state index is 11.7. The highest BCUT2D eigenvalue weighted by Gasteiger charge is 2.14. The first-order valence-corrected chi connectivity index (χ1v) is 7.06. The molecule has 0 aromatic heterocycles. The Morgan fingerprint density at radius 3 is 2.19 bits per heavy atom. The van der Waals surface area contributed by atoms with Gasteiger partial charge in [-0.05, 0) is 31.2 Å². The highest BCUT2D eigenvalue weighted by Crippen LogP contribution is 2.17. The highest BCUT2D eigenvalue weighted by atomic mass is 35.5. The molecule has 21 heavy (non-hydrogen) atoms. The topological polar surface area (TPSA) is 87.7 Å². The Morgan fingerprint density at radius 2 is 1.67 bits per heavy atom. The van der Waals surface area contributed by atoms with Crippen LogP contribution in [0.25, 0.3) is 0 Å². The van der Waals surface area contributed by atoms with Crippen molar-refractivity contribution in [2.75, 3.05) is 13.1 Å². The normalized spacial score (nSPS) is 11.8. The molecular weight excluding hydrogens is 319 g/mol. The fraction of sp³-hybridized carbons (Fsp3) is 0.385. The monoisotopic (exact) mass is 334 g/mol. The molecule has 0 heterocycles. The molecule has 1 aromatic rings. The van der Waals surface area contributed by atoms with Crippen LogP contribution in [0.5, 0.6) is 11.5 Å². The zero-order valence-corrected chi connectivity index (χ0v) is 12.8. The molecule has 0 aliphatic carbocycles. The zero-order chi connectivity index (χ0) is 15.8. The van der Waals surface area contributed by atoms with Crippen LogP contribution in [0.1, 0.15) is 6.92 Å². The maximum Gasteiger partial charge on any atom is 0.260 e. The molecule has 0 fully saturated rings. The van der Waals surface area contributed by atoms with Crippen LogP contribution in [0.2, 0.25) is 0 Å². The SMILES string of the molecule is CC(Oc1ccc(O)cc1)C(=O)NCCNC(=O)C(Cl)Cl. The van der Waals surface area contributed by atoms with Gasteiger partial charge in [-0.2, -0.15) is 0 Å². The van der Waals surface area contributed by atoms with E-state index < -0.39 is 16.8 Å². The van der Waals surface area contributed by atoms with Crippen LogP contribution < -0.4 is 15.4 Å². The van der Waals surface area contributed by atoms with E-state index in [1.807, 2.05) is 0 Å². The van der Waals surface area contributed by atoms with Crippen molar-refractivity contribution in [3.05, 3.63) is 24.3 Å². The van der Waals surface area contributed by atoms with Crippen LogP contribution in [0.15, 0.2) is 24.3 Å². The number of carbonyl (C=O) groups excluding carboxylic acids is 2. The summed E-state index contributed by atoms with van der Waals surface area (Å²) >= 11 is 10.7. The first-order valence-electron chi connectivity index (χ1n) is 6.19. The van der Waals surface area contributed by atoms with E-state index in [0.29, 0.717) is 5.75 Å². The summed E-state index contributed by atoms with van der Waals surface area (Å²) < 4.78 is 5.39. The van der Waals surface area contributed by atoms with Gasteiger partial charge >= 0.3 is 0 Å². The predicted octanol–water partition coefficient (Wildman–Crippen LogP) is 1.20. The summed E-state index contributed by atoms with van der Waals surface area (Å²) in [5.41, 5.74) is 0. The van der Waals surface area contributed by atoms with Crippen LogP contribution in [0.3, 0.4) is 0 Å². The van der Waals surface area contributed by atoms with E-state index in [9.17, 15) is 9.59 Å². The highest BCUT2D eigenvalue weighted by molar-refractivity contribution is 6.53. The van der Waals surface area contributed by atoms with Crippen molar-refractivity contribution < 1.29 is 19.4 Å². The Bertz CT molecular complexity index is 480. The fourth-order valence-corrected chi connectivity index (χ4v) is 1.53. The van der Waals surface area contributed by atoms with Gasteiger partial charge in [0.05, 0.1) is 0 Å². The summed E-state index contributed by atoms with van der Waals surface area (Å²) in [6.45, 7) is 2.04. The number of hydrogen-bond donors (Lipinski definition) is 3. The smallest absolute Gasteiger partial charge is 0.260 e. The second-order valence-electron chi connectivity index (χ2n) is 4.14. The Kier molecular flexibility index (Phi) is 7.11. The van der Waals surface area contributed by atoms with Crippen LogP contribution in [0, 0.1) is 0 Å². The number of nitrogens with one attached hydrogen (secondary N) is 2. The molecule has 0 bridgehead atoms. The summed E-state index contributed by atoms with van der Waals surface area (Å²) in [6, 6.07) is 6.04. The van der Waals surface area contributed by atoms with Crippen molar-refractivity contribution in [1.82, 2.24) is 10.6 Å². The number of rotatable bonds is 7. The lowest BCUT2D eigenvalue weighted by Gasteiger charge is -2.15. The second-order valence-corrected chi connectivity index (χ2v) is 5.23. The third-order valence-electron chi connectivity index (χ3n) is 2.44. The van der Waals surface area contributed by atoms with E-state index in [-0.39, 0.29) is 24.7 Å². The average Bonchev–Trinajstić information content (AvgIpc) is 2.45. The summed E-state index contributed by atoms with van der Waals surface area (Å²) in [5.74, 6) is -0.255. The van der Waals surface area contributed by atoms with E-state index >= 15 is 0 Å². The van der Waals surface area contributed by atoms with Crippen molar-refractivity contribution in [1.29, 1.82) is 0 Å². The van der Waals surface area contributed by atoms with Crippen LogP contribution >= 0.6 is 23.2 Å². The molecule has 1 unspecified atom stereocenters. The summed E-state index contributed by atoms with van der Waals surface area (Å²) in [4.78, 5) is 21.7. The van der Waals surface area contributed by atoms with Crippen molar-refractivity contribution in [2.45, 2.75) is 17.9 Å². The molecule has 8 heteroatoms. The number of carbonyl (C=O) groups is 2. The lowest BCUT2D eigenvalue weighted by atomic mass is 10.3. The van der Waals surface area contributed by atoms with Gasteiger partial charge in [-0.1, -0.05) is 23.2 Å². The third kappa shape index (κ3) is 6.55. The lowest BCUT2D eigenvalue weighted by molar-refractivity contribution is -0.127. The fourth-order valence-electron chi connectivity index (χ4n) is 1.37. The molecule has 1 aromatic carbocycles. The van der Waals surface area contributed by atoms with Gasteiger partial charge in [0.25, 0.3) is 11.8 Å². The Morgan fingerprint density at radius 1 is 1.14 bits per heavy atom. The minimum Gasteiger partial charge on any atom is -0.508 e. The van der Waals surface area contributed by atoms with E-state index in [0.717, 1.165) is 0 Å². The van der Waals surface area contributed by atoms with Crippen molar-refractivity contribution in [3.8, 4) is 11.5 Å². The lowest BCUT2D eigenvalue weighted by Crippen LogP contribution is -2.41. The van der Waals surface area contributed by atoms with Crippen molar-refractivity contribution in [3.63, 3.8) is 0 Å². The molecule has 2 amide bonds. The predicted molar refractivity (Wildman–Crippen MR) is 79.7 cm³/mol. The Labute approximate surface area is 132 Å². The molecule has 0 aliphatic heterocycles. The third-order valence-corrected chi connectivity index (χ3v) is 2.84. The number of aromatic hydroxyl groups is 1. The number of alkyl halides is 2. The molecule has 1 atom stereocenters. The number of benzene rings is 1. The number of phenols is 1. The van der Waals surface area contributed by atoms with Gasteiger partial charge in [0.2, 0.25) is 0 Å². The zero-order valence-electron chi connectivity index (χ0n) is 11.3. The van der Waals surface area contributed by atoms with Crippen LogP contribution in [-0.2, 0) is 9.59 Å². The molecule has 0 radical (unpaired) electrons. The van der Waals surface area contributed by atoms with Crippen molar-refractivity contribution >= 4 is 35.0 Å². The number of hydrogen-bond acceptors (Lipinski definition) is 4. The minimum absolute atomic E-state index is 0.118. The maximum absolute atomic E-state index is 11.7. The quantitative estimate of drug-likeness (QED) is 0.516. The largest absolute Gasteiger partial charge is 0.508 e. The Hall–Kier alpha value is -1.66. The number of ether oxygens (including phenoxy) is 1. The van der Waals surface area contributed by atoms with E-state index in [2.05, 4.69) is 10.6 Å². The molecular formula is C13H16Cl2N2O4. The van der Waals surface area contributed by atoms with Gasteiger partial charge in [0, 0.05) is 13.1 Å². The van der Waals surface area contributed by atoms with E-state index in [4.69, 9.17) is 33.0 Å². The van der Waals surface area contributed by atoms with Crippen LogP contribution in [0.4, 0.5) is 0 Å². The van der Waals surface area contributed by atoms with E-state index in [1.165, 1.54) is 12.1 Å². The number of amides is 2. The molecule has 0 saturated heterocycles. The van der Waals surface area contributed by atoms with Gasteiger partial charge in [0.1, 0.15) is 11.5 Å².